The van der Waals surface area contributed by atoms with Crippen molar-refractivity contribution >= 4 is 24.2 Å². The number of hydrogen-bond acceptors (Lipinski definition) is 4. The average Bonchev–Trinajstić information content (AvgIpc) is 2.73. The molecule has 6 heteroatoms. The average molecular weight is 259 g/mol. The van der Waals surface area contributed by atoms with Crippen molar-refractivity contribution in [2.24, 2.45) is 5.10 Å². The van der Waals surface area contributed by atoms with Crippen molar-refractivity contribution in [3.63, 3.8) is 0 Å². The summed E-state index contributed by atoms with van der Waals surface area (Å²) in [6.45, 7) is -0.0438. The molecule has 1 aromatic carbocycles. The molecule has 98 valence electrons. The van der Waals surface area contributed by atoms with Gasteiger partial charge in [0.15, 0.2) is 0 Å². The van der Waals surface area contributed by atoms with E-state index < -0.39 is 6.03 Å². The van der Waals surface area contributed by atoms with Crippen LogP contribution in [-0.2, 0) is 4.79 Å². The Morgan fingerprint density at radius 3 is 2.84 bits per heavy atom. The van der Waals surface area contributed by atoms with Crippen molar-refractivity contribution in [1.29, 1.82) is 0 Å². The Kier molecular flexibility index (Phi) is 3.92. The molecule has 0 aliphatic carbocycles. The number of nitrogens with one attached hydrogen (secondary N) is 1. The number of allylic oxidation sites excluding steroid dienone is 1. The second-order valence-electron chi connectivity index (χ2n) is 3.78. The van der Waals surface area contributed by atoms with Gasteiger partial charge in [0.05, 0.1) is 7.11 Å². The smallest absolute Gasteiger partial charge is 0.344 e. The molecule has 0 radical (unpaired) electrons. The van der Waals surface area contributed by atoms with Crippen LogP contribution in [0.3, 0.4) is 0 Å². The molecule has 0 bridgehead atoms. The van der Waals surface area contributed by atoms with E-state index in [1.807, 2.05) is 24.3 Å². The Hall–Kier alpha value is -2.63. The van der Waals surface area contributed by atoms with E-state index in [9.17, 15) is 9.59 Å². The van der Waals surface area contributed by atoms with Crippen molar-refractivity contribution in [3.05, 3.63) is 35.9 Å². The summed E-state index contributed by atoms with van der Waals surface area (Å²) in [6.07, 6.45) is 4.93. The van der Waals surface area contributed by atoms with Crippen LogP contribution < -0.4 is 10.1 Å². The molecule has 0 spiro atoms. The maximum absolute atomic E-state index is 11.2. The fourth-order valence-corrected chi connectivity index (χ4v) is 1.59. The first-order valence-corrected chi connectivity index (χ1v) is 5.65. The number of amides is 3. The quantitative estimate of drug-likeness (QED) is 0.653. The monoisotopic (exact) mass is 259 g/mol. The first-order chi connectivity index (χ1) is 9.20. The van der Waals surface area contributed by atoms with Crippen molar-refractivity contribution in [2.45, 2.75) is 0 Å². The van der Waals surface area contributed by atoms with E-state index in [1.165, 1.54) is 6.21 Å². The minimum atomic E-state index is -0.507. The van der Waals surface area contributed by atoms with Gasteiger partial charge < -0.3 is 4.74 Å². The van der Waals surface area contributed by atoms with Gasteiger partial charge in [-0.15, -0.1) is 0 Å². The van der Waals surface area contributed by atoms with Crippen LogP contribution in [0.25, 0.3) is 6.08 Å². The van der Waals surface area contributed by atoms with Gasteiger partial charge in [-0.2, -0.15) is 5.10 Å². The molecule has 1 aliphatic heterocycles. The highest BCUT2D eigenvalue weighted by molar-refractivity contribution is 6.02. The van der Waals surface area contributed by atoms with Gasteiger partial charge in [0.2, 0.25) is 5.91 Å². The third-order valence-electron chi connectivity index (χ3n) is 2.48. The highest BCUT2D eigenvalue weighted by Crippen LogP contribution is 2.18. The Labute approximate surface area is 110 Å². The maximum atomic E-state index is 11.2. The third-order valence-corrected chi connectivity index (χ3v) is 2.48. The molecular formula is C13H13N3O3. The van der Waals surface area contributed by atoms with Crippen molar-refractivity contribution in [1.82, 2.24) is 10.3 Å². The molecule has 6 nitrogen and oxygen atoms in total. The summed E-state index contributed by atoms with van der Waals surface area (Å²) >= 11 is 0. The van der Waals surface area contributed by atoms with E-state index in [0.717, 1.165) is 16.3 Å². The van der Waals surface area contributed by atoms with Crippen LogP contribution in [0, 0.1) is 0 Å². The van der Waals surface area contributed by atoms with E-state index in [4.69, 9.17) is 4.74 Å². The lowest BCUT2D eigenvalue weighted by Crippen LogP contribution is -2.23. The Balaban J connectivity index is 2.00. The molecule has 0 unspecified atom stereocenters. The Bertz CT molecular complexity index is 552. The summed E-state index contributed by atoms with van der Waals surface area (Å²) in [7, 11) is 1.60. The SMILES string of the molecule is COc1ccccc1/C=C/C=NN1CC(=O)NC1=O. The molecule has 1 heterocycles. The zero-order valence-electron chi connectivity index (χ0n) is 10.4. The molecule has 1 N–H and O–H groups in total. The van der Waals surface area contributed by atoms with Crippen molar-refractivity contribution in [2.75, 3.05) is 13.7 Å². The molecule has 3 amide bonds. The van der Waals surface area contributed by atoms with Crippen LogP contribution in [0.2, 0.25) is 0 Å². The van der Waals surface area contributed by atoms with E-state index in [-0.39, 0.29) is 12.5 Å². The predicted octanol–water partition coefficient (Wildman–Crippen LogP) is 1.25. The zero-order valence-corrected chi connectivity index (χ0v) is 10.4. The third kappa shape index (κ3) is 3.19. The highest BCUT2D eigenvalue weighted by atomic mass is 16.5. The molecular weight excluding hydrogens is 246 g/mol. The fourth-order valence-electron chi connectivity index (χ4n) is 1.59. The van der Waals surface area contributed by atoms with Crippen LogP contribution in [0.4, 0.5) is 4.79 Å². The van der Waals surface area contributed by atoms with Gasteiger partial charge in [0.1, 0.15) is 12.3 Å². The van der Waals surface area contributed by atoms with E-state index >= 15 is 0 Å². The topological polar surface area (TPSA) is 71.0 Å². The number of hydrogen-bond donors (Lipinski definition) is 1. The second-order valence-corrected chi connectivity index (χ2v) is 3.78. The van der Waals surface area contributed by atoms with Gasteiger partial charge in [-0.05, 0) is 18.2 Å². The van der Waals surface area contributed by atoms with Gasteiger partial charge in [-0.25, -0.2) is 9.80 Å². The number of ether oxygens (including phenoxy) is 1. The summed E-state index contributed by atoms with van der Waals surface area (Å²) in [6, 6.07) is 7.02. The molecule has 0 atom stereocenters. The standard InChI is InChI=1S/C13H13N3O3/c1-19-11-7-3-2-5-10(11)6-4-8-14-16-9-12(17)15-13(16)18/h2-8H,9H2,1H3,(H,15,17,18)/b6-4+,14-8?. The number of rotatable bonds is 4. The van der Waals surface area contributed by atoms with Gasteiger partial charge in [0.25, 0.3) is 0 Å². The molecule has 1 aromatic rings. The summed E-state index contributed by atoms with van der Waals surface area (Å²) < 4.78 is 5.19. The summed E-state index contributed by atoms with van der Waals surface area (Å²) in [5.74, 6) is 0.400. The number of carbonyl (C=O) groups excluding carboxylic acids is 2. The predicted molar refractivity (Wildman–Crippen MR) is 70.8 cm³/mol. The minimum Gasteiger partial charge on any atom is -0.496 e. The first-order valence-electron chi connectivity index (χ1n) is 5.65. The van der Waals surface area contributed by atoms with Crippen LogP contribution in [-0.4, -0.2) is 36.8 Å². The van der Waals surface area contributed by atoms with Crippen LogP contribution in [0.1, 0.15) is 5.56 Å². The summed E-state index contributed by atoms with van der Waals surface area (Å²) in [5.41, 5.74) is 0.901. The lowest BCUT2D eigenvalue weighted by molar-refractivity contribution is -0.118. The van der Waals surface area contributed by atoms with Gasteiger partial charge >= 0.3 is 6.03 Å². The number of urea groups is 1. The highest BCUT2D eigenvalue weighted by Gasteiger charge is 2.25. The Morgan fingerprint density at radius 1 is 1.37 bits per heavy atom. The summed E-state index contributed by atoms with van der Waals surface area (Å²) in [4.78, 5) is 22.1. The number of nitrogens with zero attached hydrogens (tertiary/aromatic N) is 2. The molecule has 0 saturated carbocycles. The largest absolute Gasteiger partial charge is 0.496 e. The van der Waals surface area contributed by atoms with E-state index in [0.29, 0.717) is 0 Å². The number of methoxy groups -OCH3 is 1. The maximum Gasteiger partial charge on any atom is 0.344 e. The molecule has 2 rings (SSSR count). The molecule has 19 heavy (non-hydrogen) atoms. The second kappa shape index (κ2) is 5.81. The lowest BCUT2D eigenvalue weighted by atomic mass is 10.2. The van der Waals surface area contributed by atoms with E-state index in [2.05, 4.69) is 10.4 Å². The fraction of sp³-hybridized carbons (Fsp3) is 0.154. The Morgan fingerprint density at radius 2 is 2.16 bits per heavy atom. The molecule has 1 saturated heterocycles. The molecule has 0 aromatic heterocycles. The molecule has 1 aliphatic rings. The van der Waals surface area contributed by atoms with Gasteiger partial charge in [-0.1, -0.05) is 18.2 Å². The minimum absolute atomic E-state index is 0.0438. The van der Waals surface area contributed by atoms with Crippen LogP contribution >= 0.6 is 0 Å². The van der Waals surface area contributed by atoms with Gasteiger partial charge in [0, 0.05) is 11.8 Å². The number of carbonyl (C=O) groups is 2. The number of hydrazone groups is 1. The number of benzene rings is 1. The van der Waals surface area contributed by atoms with E-state index in [1.54, 1.807) is 19.3 Å². The number of para-hydroxylation sites is 1. The van der Waals surface area contributed by atoms with Crippen molar-refractivity contribution < 1.29 is 14.3 Å². The lowest BCUT2D eigenvalue weighted by Gasteiger charge is -2.03. The van der Waals surface area contributed by atoms with Crippen LogP contribution in [0.5, 0.6) is 5.75 Å². The zero-order chi connectivity index (χ0) is 13.7. The normalized spacial score (nSPS) is 15.5. The van der Waals surface area contributed by atoms with Gasteiger partial charge in [-0.3, -0.25) is 10.1 Å². The summed E-state index contributed by atoms with van der Waals surface area (Å²) in [5, 5.41) is 7.07. The molecule has 1 fully saturated rings. The van der Waals surface area contributed by atoms with Crippen LogP contribution in [0.15, 0.2) is 35.4 Å². The first kappa shape index (κ1) is 12.8. The number of imide groups is 1. The van der Waals surface area contributed by atoms with Crippen molar-refractivity contribution in [3.8, 4) is 5.75 Å².